The third kappa shape index (κ3) is 2.26. The van der Waals surface area contributed by atoms with Crippen LogP contribution in [0.1, 0.15) is 0 Å². The summed E-state index contributed by atoms with van der Waals surface area (Å²) in [6, 6.07) is 7.09. The van der Waals surface area contributed by atoms with Crippen molar-refractivity contribution in [2.45, 2.75) is 0 Å². The number of halogens is 2. The minimum Gasteiger partial charge on any atom is -0.373 e. The molecule has 1 aromatic heterocycles. The van der Waals surface area contributed by atoms with Gasteiger partial charge in [-0.05, 0) is 18.2 Å². The van der Waals surface area contributed by atoms with Crippen LogP contribution in [0.15, 0.2) is 30.6 Å². The summed E-state index contributed by atoms with van der Waals surface area (Å²) >= 11 is 12.0. The smallest absolute Gasteiger partial charge is 0.129 e. The number of benzene rings is 1. The van der Waals surface area contributed by atoms with Crippen molar-refractivity contribution in [3.8, 4) is 11.3 Å². The molecule has 1 N–H and O–H groups in total. The first kappa shape index (κ1) is 11.2. The Morgan fingerprint density at radius 3 is 2.69 bits per heavy atom. The number of hydrogen-bond acceptors (Lipinski definition) is 3. The first-order valence-corrected chi connectivity index (χ1v) is 5.41. The monoisotopic (exact) mass is 253 g/mol. The average Bonchev–Trinajstić information content (AvgIpc) is 2.32. The molecular formula is C11H9Cl2N3. The van der Waals surface area contributed by atoms with Crippen molar-refractivity contribution in [3.05, 3.63) is 40.6 Å². The standard InChI is InChI=1S/C11H9Cl2N3/c1-14-11-5-10(15-6-16-11)8-4-7(12)2-3-9(8)13/h2-6H,1H3,(H,14,15,16). The molecule has 0 saturated carbocycles. The van der Waals surface area contributed by atoms with Gasteiger partial charge in [0.15, 0.2) is 0 Å². The normalized spacial score (nSPS) is 10.2. The maximum atomic E-state index is 6.09. The largest absolute Gasteiger partial charge is 0.373 e. The van der Waals surface area contributed by atoms with Crippen LogP contribution < -0.4 is 5.32 Å². The fraction of sp³-hybridized carbons (Fsp3) is 0.0909. The highest BCUT2D eigenvalue weighted by molar-refractivity contribution is 6.35. The lowest BCUT2D eigenvalue weighted by molar-refractivity contribution is 1.16. The van der Waals surface area contributed by atoms with E-state index in [9.17, 15) is 0 Å². The lowest BCUT2D eigenvalue weighted by atomic mass is 10.1. The molecule has 0 aliphatic rings. The average molecular weight is 254 g/mol. The van der Waals surface area contributed by atoms with Crippen LogP contribution in [-0.4, -0.2) is 17.0 Å². The van der Waals surface area contributed by atoms with Crippen molar-refractivity contribution in [3.63, 3.8) is 0 Å². The summed E-state index contributed by atoms with van der Waals surface area (Å²) in [5.74, 6) is 0.737. The molecule has 0 atom stereocenters. The zero-order chi connectivity index (χ0) is 11.5. The molecule has 0 bridgehead atoms. The molecular weight excluding hydrogens is 245 g/mol. The first-order chi connectivity index (χ1) is 7.70. The quantitative estimate of drug-likeness (QED) is 0.891. The zero-order valence-corrected chi connectivity index (χ0v) is 10.0. The minimum absolute atomic E-state index is 0.616. The molecule has 5 heteroatoms. The maximum absolute atomic E-state index is 6.09. The molecule has 3 nitrogen and oxygen atoms in total. The summed E-state index contributed by atoms with van der Waals surface area (Å²) in [6.45, 7) is 0. The van der Waals surface area contributed by atoms with Crippen LogP contribution in [0.2, 0.25) is 10.0 Å². The van der Waals surface area contributed by atoms with E-state index >= 15 is 0 Å². The molecule has 0 fully saturated rings. The number of rotatable bonds is 2. The molecule has 0 aliphatic carbocycles. The van der Waals surface area contributed by atoms with Crippen molar-refractivity contribution < 1.29 is 0 Å². The predicted octanol–water partition coefficient (Wildman–Crippen LogP) is 3.49. The van der Waals surface area contributed by atoms with Crippen molar-refractivity contribution in [2.24, 2.45) is 0 Å². The summed E-state index contributed by atoms with van der Waals surface area (Å²) in [4.78, 5) is 8.20. The van der Waals surface area contributed by atoms with E-state index in [0.717, 1.165) is 17.1 Å². The third-order valence-electron chi connectivity index (χ3n) is 2.13. The van der Waals surface area contributed by atoms with Crippen LogP contribution in [0.5, 0.6) is 0 Å². The summed E-state index contributed by atoms with van der Waals surface area (Å²) < 4.78 is 0. The van der Waals surface area contributed by atoms with Gasteiger partial charge in [-0.1, -0.05) is 23.2 Å². The van der Waals surface area contributed by atoms with E-state index in [1.165, 1.54) is 6.33 Å². The highest BCUT2D eigenvalue weighted by atomic mass is 35.5. The first-order valence-electron chi connectivity index (χ1n) is 4.66. The Morgan fingerprint density at radius 1 is 1.12 bits per heavy atom. The number of nitrogens with one attached hydrogen (secondary N) is 1. The molecule has 0 radical (unpaired) electrons. The van der Waals surface area contributed by atoms with Gasteiger partial charge in [-0.15, -0.1) is 0 Å². The minimum atomic E-state index is 0.616. The van der Waals surface area contributed by atoms with Gasteiger partial charge in [-0.2, -0.15) is 0 Å². The second kappa shape index (κ2) is 4.68. The summed E-state index contributed by atoms with van der Waals surface area (Å²) in [6.07, 6.45) is 1.48. The molecule has 82 valence electrons. The molecule has 0 amide bonds. The van der Waals surface area contributed by atoms with Crippen LogP contribution >= 0.6 is 23.2 Å². The van der Waals surface area contributed by atoms with Crippen molar-refractivity contribution in [2.75, 3.05) is 12.4 Å². The topological polar surface area (TPSA) is 37.8 Å². The summed E-state index contributed by atoms with van der Waals surface area (Å²) in [5, 5.41) is 4.19. The Labute approximate surface area is 103 Å². The van der Waals surface area contributed by atoms with Gasteiger partial charge in [-0.25, -0.2) is 9.97 Å². The molecule has 2 aromatic rings. The van der Waals surface area contributed by atoms with Crippen molar-refractivity contribution in [1.82, 2.24) is 9.97 Å². The van der Waals surface area contributed by atoms with Crippen LogP contribution in [0.3, 0.4) is 0 Å². The molecule has 1 aromatic carbocycles. The number of hydrogen-bond donors (Lipinski definition) is 1. The Morgan fingerprint density at radius 2 is 1.94 bits per heavy atom. The van der Waals surface area contributed by atoms with Crippen molar-refractivity contribution in [1.29, 1.82) is 0 Å². The summed E-state index contributed by atoms with van der Waals surface area (Å²) in [7, 11) is 1.80. The molecule has 0 saturated heterocycles. The van der Waals surface area contributed by atoms with E-state index in [1.54, 1.807) is 25.2 Å². The summed E-state index contributed by atoms with van der Waals surface area (Å²) in [5.41, 5.74) is 1.54. The number of aromatic nitrogens is 2. The van der Waals surface area contributed by atoms with Crippen LogP contribution in [0.25, 0.3) is 11.3 Å². The maximum Gasteiger partial charge on any atom is 0.129 e. The molecule has 1 heterocycles. The SMILES string of the molecule is CNc1cc(-c2cc(Cl)ccc2Cl)ncn1. The van der Waals surface area contributed by atoms with Gasteiger partial charge >= 0.3 is 0 Å². The molecule has 2 rings (SSSR count). The van der Waals surface area contributed by atoms with Gasteiger partial charge in [0.2, 0.25) is 0 Å². The van der Waals surface area contributed by atoms with E-state index in [1.807, 2.05) is 6.07 Å². The fourth-order valence-corrected chi connectivity index (χ4v) is 1.72. The second-order valence-corrected chi connectivity index (χ2v) is 4.01. The lowest BCUT2D eigenvalue weighted by Gasteiger charge is -2.05. The van der Waals surface area contributed by atoms with Gasteiger partial charge < -0.3 is 5.32 Å². The van der Waals surface area contributed by atoms with E-state index in [0.29, 0.717) is 10.0 Å². The Kier molecular flexibility index (Phi) is 3.27. The van der Waals surface area contributed by atoms with Crippen LogP contribution in [0, 0.1) is 0 Å². The Hall–Kier alpha value is -1.32. The molecule has 16 heavy (non-hydrogen) atoms. The lowest BCUT2D eigenvalue weighted by Crippen LogP contribution is -1.94. The Balaban J connectivity index is 2.53. The van der Waals surface area contributed by atoms with Crippen LogP contribution in [0.4, 0.5) is 5.82 Å². The molecule has 0 unspecified atom stereocenters. The second-order valence-electron chi connectivity index (χ2n) is 3.16. The fourth-order valence-electron chi connectivity index (χ4n) is 1.34. The van der Waals surface area contributed by atoms with Crippen LogP contribution in [-0.2, 0) is 0 Å². The van der Waals surface area contributed by atoms with Gasteiger partial charge in [0.1, 0.15) is 12.1 Å². The predicted molar refractivity (Wildman–Crippen MR) is 67.0 cm³/mol. The van der Waals surface area contributed by atoms with Gasteiger partial charge in [0.05, 0.1) is 10.7 Å². The highest BCUT2D eigenvalue weighted by Gasteiger charge is 2.06. The van der Waals surface area contributed by atoms with E-state index in [2.05, 4.69) is 15.3 Å². The molecule has 0 aliphatic heterocycles. The number of anilines is 1. The van der Waals surface area contributed by atoms with E-state index in [-0.39, 0.29) is 0 Å². The van der Waals surface area contributed by atoms with Gasteiger partial charge in [0.25, 0.3) is 0 Å². The van der Waals surface area contributed by atoms with E-state index in [4.69, 9.17) is 23.2 Å². The zero-order valence-electron chi connectivity index (χ0n) is 8.54. The third-order valence-corrected chi connectivity index (χ3v) is 2.69. The van der Waals surface area contributed by atoms with Crippen molar-refractivity contribution >= 4 is 29.0 Å². The highest BCUT2D eigenvalue weighted by Crippen LogP contribution is 2.29. The van der Waals surface area contributed by atoms with Gasteiger partial charge in [-0.3, -0.25) is 0 Å². The van der Waals surface area contributed by atoms with E-state index < -0.39 is 0 Å². The van der Waals surface area contributed by atoms with Gasteiger partial charge in [0, 0.05) is 23.7 Å². The molecule has 0 spiro atoms. The Bertz CT molecular complexity index is 514. The number of nitrogens with zero attached hydrogens (tertiary/aromatic N) is 2.